The van der Waals surface area contributed by atoms with E-state index in [2.05, 4.69) is 22.7 Å². The molecule has 0 aliphatic heterocycles. The van der Waals surface area contributed by atoms with Crippen LogP contribution in [0.3, 0.4) is 0 Å². The highest BCUT2D eigenvalue weighted by Gasteiger charge is 1.74. The molecule has 0 spiro atoms. The number of nitrogens with one attached hydrogen (secondary N) is 1. The smallest absolute Gasteiger partial charge is 0.184 e. The molecule has 8 heavy (non-hydrogen) atoms. The molecule has 0 saturated carbocycles. The highest BCUT2D eigenvalue weighted by Crippen LogP contribution is 1.55. The van der Waals surface area contributed by atoms with Gasteiger partial charge in [0.05, 0.1) is 0 Å². The van der Waals surface area contributed by atoms with E-state index in [4.69, 9.17) is 11.5 Å². The quantitative estimate of drug-likeness (QED) is 0.250. The highest BCUT2D eigenvalue weighted by atomic mass is 32.1. The van der Waals surface area contributed by atoms with Crippen LogP contribution in [0.15, 0.2) is 5.10 Å². The van der Waals surface area contributed by atoms with Gasteiger partial charge < -0.3 is 11.5 Å². The van der Waals surface area contributed by atoms with Crippen molar-refractivity contribution in [3.63, 3.8) is 0 Å². The van der Waals surface area contributed by atoms with Crippen LogP contribution in [0.25, 0.3) is 0 Å². The van der Waals surface area contributed by atoms with E-state index in [9.17, 15) is 0 Å². The largest absolute Gasteiger partial charge is 0.375 e. The zero-order valence-corrected chi connectivity index (χ0v) is 5.11. The van der Waals surface area contributed by atoms with Gasteiger partial charge >= 0.3 is 0 Å². The number of hydrogen-bond acceptors (Lipinski definition) is 3. The van der Waals surface area contributed by atoms with E-state index in [0.29, 0.717) is 6.54 Å². The Balaban J connectivity index is 3.16. The standard InChI is InChI=1S/C3H8N4S/c4-1-2-6-7-3(5)8/h2H,1,4H2,(H3,5,7,8)/b6-2+. The van der Waals surface area contributed by atoms with Gasteiger partial charge in [0.25, 0.3) is 0 Å². The molecule has 0 saturated heterocycles. The van der Waals surface area contributed by atoms with Crippen molar-refractivity contribution in [3.8, 4) is 0 Å². The first-order chi connectivity index (χ1) is 3.77. The lowest BCUT2D eigenvalue weighted by molar-refractivity contribution is 1.03. The molecule has 0 unspecified atom stereocenters. The van der Waals surface area contributed by atoms with E-state index in [-0.39, 0.29) is 5.11 Å². The molecule has 0 rings (SSSR count). The summed E-state index contributed by atoms with van der Waals surface area (Å²) in [6.45, 7) is 0.385. The van der Waals surface area contributed by atoms with Crippen LogP contribution >= 0.6 is 12.2 Å². The Hall–Kier alpha value is -0.680. The first-order valence-electron chi connectivity index (χ1n) is 2.04. The van der Waals surface area contributed by atoms with Gasteiger partial charge in [0, 0.05) is 12.8 Å². The van der Waals surface area contributed by atoms with Crippen molar-refractivity contribution in [2.45, 2.75) is 0 Å². The lowest BCUT2D eigenvalue weighted by Crippen LogP contribution is -2.24. The summed E-state index contributed by atoms with van der Waals surface area (Å²) in [5.41, 5.74) is 12.4. The SMILES string of the molecule is NC/C=N/NC(N)=S. The Morgan fingerprint density at radius 2 is 2.50 bits per heavy atom. The van der Waals surface area contributed by atoms with Crippen LogP contribution in [0.4, 0.5) is 0 Å². The van der Waals surface area contributed by atoms with E-state index in [1.807, 2.05) is 0 Å². The molecule has 0 heterocycles. The number of hydrazone groups is 1. The molecule has 0 aromatic heterocycles. The minimum absolute atomic E-state index is 0.148. The van der Waals surface area contributed by atoms with Gasteiger partial charge in [0.15, 0.2) is 5.11 Å². The Kier molecular flexibility index (Phi) is 4.10. The molecule has 0 bridgehead atoms. The zero-order valence-electron chi connectivity index (χ0n) is 4.29. The fraction of sp³-hybridized carbons (Fsp3) is 0.333. The molecule has 5 heteroatoms. The zero-order chi connectivity index (χ0) is 6.41. The van der Waals surface area contributed by atoms with Crippen LogP contribution in [0.2, 0.25) is 0 Å². The molecule has 5 N–H and O–H groups in total. The van der Waals surface area contributed by atoms with Gasteiger partial charge in [-0.25, -0.2) is 0 Å². The molecule has 0 radical (unpaired) electrons. The summed E-state index contributed by atoms with van der Waals surface area (Å²) in [7, 11) is 0. The first kappa shape index (κ1) is 7.32. The highest BCUT2D eigenvalue weighted by molar-refractivity contribution is 7.80. The average Bonchev–Trinajstić information content (AvgIpc) is 1.66. The molecule has 46 valence electrons. The molecule has 0 atom stereocenters. The van der Waals surface area contributed by atoms with Crippen molar-refractivity contribution >= 4 is 23.5 Å². The van der Waals surface area contributed by atoms with E-state index in [0.717, 1.165) is 0 Å². The number of thiocarbonyl (C=S) groups is 1. The maximum atomic E-state index is 5.04. The Morgan fingerprint density at radius 3 is 2.88 bits per heavy atom. The average molecular weight is 132 g/mol. The summed E-state index contributed by atoms with van der Waals surface area (Å²) in [6.07, 6.45) is 1.47. The molecule has 0 aliphatic rings. The third kappa shape index (κ3) is 5.32. The molecular formula is C3H8N4S. The molecule has 0 aliphatic carbocycles. The van der Waals surface area contributed by atoms with Gasteiger partial charge in [-0.05, 0) is 12.2 Å². The maximum absolute atomic E-state index is 5.04. The van der Waals surface area contributed by atoms with E-state index >= 15 is 0 Å². The van der Waals surface area contributed by atoms with Gasteiger partial charge in [-0.3, -0.25) is 5.43 Å². The molecule has 0 aromatic rings. The second kappa shape index (κ2) is 4.48. The van der Waals surface area contributed by atoms with Crippen LogP contribution in [-0.2, 0) is 0 Å². The normalized spacial score (nSPS) is 9.62. The third-order valence-corrected chi connectivity index (χ3v) is 0.463. The van der Waals surface area contributed by atoms with Gasteiger partial charge in [0.2, 0.25) is 0 Å². The number of nitrogens with two attached hydrogens (primary N) is 2. The minimum Gasteiger partial charge on any atom is -0.375 e. The molecule has 0 amide bonds. The van der Waals surface area contributed by atoms with Crippen LogP contribution in [0.1, 0.15) is 0 Å². The fourth-order valence-electron chi connectivity index (χ4n) is 0.162. The summed E-state index contributed by atoms with van der Waals surface area (Å²) < 4.78 is 0. The van der Waals surface area contributed by atoms with Crippen LogP contribution in [0, 0.1) is 0 Å². The topological polar surface area (TPSA) is 76.4 Å². The van der Waals surface area contributed by atoms with Crippen molar-refractivity contribution in [1.82, 2.24) is 5.43 Å². The predicted molar refractivity (Wildman–Crippen MR) is 37.5 cm³/mol. The maximum Gasteiger partial charge on any atom is 0.184 e. The second-order valence-electron chi connectivity index (χ2n) is 1.02. The first-order valence-corrected chi connectivity index (χ1v) is 2.45. The summed E-state index contributed by atoms with van der Waals surface area (Å²) in [5.74, 6) is 0. The summed E-state index contributed by atoms with van der Waals surface area (Å²) in [6, 6.07) is 0. The van der Waals surface area contributed by atoms with Crippen molar-refractivity contribution in [2.75, 3.05) is 6.54 Å². The number of rotatable bonds is 2. The van der Waals surface area contributed by atoms with Crippen molar-refractivity contribution in [2.24, 2.45) is 16.6 Å². The van der Waals surface area contributed by atoms with Crippen molar-refractivity contribution < 1.29 is 0 Å². The fourth-order valence-corrected chi connectivity index (χ4v) is 0.215. The lowest BCUT2D eigenvalue weighted by atomic mass is 10.8. The summed E-state index contributed by atoms with van der Waals surface area (Å²) in [5, 5.41) is 3.67. The summed E-state index contributed by atoms with van der Waals surface area (Å²) in [4.78, 5) is 0. The van der Waals surface area contributed by atoms with E-state index < -0.39 is 0 Å². The van der Waals surface area contributed by atoms with Gasteiger partial charge in [0.1, 0.15) is 0 Å². The summed E-state index contributed by atoms with van der Waals surface area (Å²) >= 11 is 4.42. The van der Waals surface area contributed by atoms with E-state index in [1.165, 1.54) is 6.21 Å². The third-order valence-electron chi connectivity index (χ3n) is 0.371. The van der Waals surface area contributed by atoms with Crippen molar-refractivity contribution in [3.05, 3.63) is 0 Å². The van der Waals surface area contributed by atoms with Gasteiger partial charge in [-0.1, -0.05) is 0 Å². The van der Waals surface area contributed by atoms with Crippen molar-refractivity contribution in [1.29, 1.82) is 0 Å². The van der Waals surface area contributed by atoms with Crippen LogP contribution in [-0.4, -0.2) is 17.9 Å². The molecule has 0 fully saturated rings. The van der Waals surface area contributed by atoms with Gasteiger partial charge in [-0.2, -0.15) is 5.10 Å². The number of hydrogen-bond donors (Lipinski definition) is 3. The number of nitrogens with zero attached hydrogens (tertiary/aromatic N) is 1. The molecule has 4 nitrogen and oxygen atoms in total. The van der Waals surface area contributed by atoms with Crippen LogP contribution in [0.5, 0.6) is 0 Å². The predicted octanol–water partition coefficient (Wildman–Crippen LogP) is -1.24. The Labute approximate surface area is 52.9 Å². The lowest BCUT2D eigenvalue weighted by Gasteiger charge is -1.90. The Morgan fingerprint density at radius 1 is 1.88 bits per heavy atom. The van der Waals surface area contributed by atoms with Crippen LogP contribution < -0.4 is 16.9 Å². The second-order valence-corrected chi connectivity index (χ2v) is 1.46. The van der Waals surface area contributed by atoms with E-state index in [1.54, 1.807) is 0 Å². The monoisotopic (exact) mass is 132 g/mol. The molecular weight excluding hydrogens is 124 g/mol. The molecule has 0 aromatic carbocycles. The van der Waals surface area contributed by atoms with Gasteiger partial charge in [-0.15, -0.1) is 0 Å². The Bertz CT molecular complexity index is 99.5. The minimum atomic E-state index is 0.148.